The molecule has 1 aromatic rings. The first kappa shape index (κ1) is 12.2. The van der Waals surface area contributed by atoms with E-state index in [9.17, 15) is 0 Å². The second kappa shape index (κ2) is 5.87. The summed E-state index contributed by atoms with van der Waals surface area (Å²) in [4.78, 5) is 2.49. The molecule has 0 aliphatic carbocycles. The Hall–Kier alpha value is -1.28. The summed E-state index contributed by atoms with van der Waals surface area (Å²) in [5.74, 6) is 0.717. The lowest BCUT2D eigenvalue weighted by Crippen LogP contribution is -2.35. The first-order valence-corrected chi connectivity index (χ1v) is 6.25. The van der Waals surface area contributed by atoms with Crippen LogP contribution in [0.5, 0.6) is 0 Å². The molecule has 1 saturated heterocycles. The third kappa shape index (κ3) is 3.60. The summed E-state index contributed by atoms with van der Waals surface area (Å²) in [6.45, 7) is 5.55. The van der Waals surface area contributed by atoms with Gasteiger partial charge in [0, 0.05) is 19.6 Å². The van der Waals surface area contributed by atoms with Crippen molar-refractivity contribution in [1.82, 2.24) is 4.90 Å². The fourth-order valence-electron chi connectivity index (χ4n) is 2.58. The van der Waals surface area contributed by atoms with E-state index in [4.69, 9.17) is 4.74 Å². The highest BCUT2D eigenvalue weighted by atomic mass is 16.5. The van der Waals surface area contributed by atoms with Crippen LogP contribution in [0.25, 0.3) is 0 Å². The third-order valence-corrected chi connectivity index (χ3v) is 3.14. The molecule has 1 heterocycles. The second-order valence-electron chi connectivity index (χ2n) is 4.98. The number of likely N-dealkylation sites (tertiary alicyclic amines) is 1. The molecule has 0 bridgehead atoms. The van der Waals surface area contributed by atoms with Gasteiger partial charge in [-0.25, -0.2) is 0 Å². The average Bonchev–Trinajstić information content (AvgIpc) is 2.30. The van der Waals surface area contributed by atoms with E-state index in [2.05, 4.69) is 42.2 Å². The van der Waals surface area contributed by atoms with Crippen molar-refractivity contribution in [1.29, 1.82) is 0 Å². The molecule has 0 N–H and O–H groups in total. The van der Waals surface area contributed by atoms with E-state index in [1.165, 1.54) is 24.1 Å². The van der Waals surface area contributed by atoms with Gasteiger partial charge in [-0.05, 0) is 23.5 Å². The van der Waals surface area contributed by atoms with Crippen LogP contribution >= 0.6 is 0 Å². The fourth-order valence-corrected chi connectivity index (χ4v) is 2.58. The van der Waals surface area contributed by atoms with E-state index < -0.39 is 0 Å². The highest BCUT2D eigenvalue weighted by Crippen LogP contribution is 2.22. The predicted molar refractivity (Wildman–Crippen MR) is 70.6 cm³/mol. The van der Waals surface area contributed by atoms with Crippen molar-refractivity contribution >= 4 is 0 Å². The lowest BCUT2D eigenvalue weighted by atomic mass is 9.96. The van der Waals surface area contributed by atoms with E-state index in [0.29, 0.717) is 5.92 Å². The Kier molecular flexibility index (Phi) is 4.21. The Morgan fingerprint density at radius 1 is 1.35 bits per heavy atom. The van der Waals surface area contributed by atoms with Crippen molar-refractivity contribution in [3.8, 4) is 0 Å². The van der Waals surface area contributed by atoms with Gasteiger partial charge in [0.15, 0.2) is 0 Å². The Labute approximate surface area is 104 Å². The van der Waals surface area contributed by atoms with E-state index in [1.54, 1.807) is 7.11 Å². The molecule has 1 fully saturated rings. The molecule has 0 saturated carbocycles. The number of benzene rings is 1. The molecule has 2 heteroatoms. The van der Waals surface area contributed by atoms with E-state index in [0.717, 1.165) is 13.1 Å². The van der Waals surface area contributed by atoms with Gasteiger partial charge in [0.05, 0.1) is 13.4 Å². The normalized spacial score (nSPS) is 23.9. The van der Waals surface area contributed by atoms with Crippen LogP contribution in [0.3, 0.4) is 0 Å². The molecule has 0 radical (unpaired) electrons. The second-order valence-corrected chi connectivity index (χ2v) is 4.98. The van der Waals surface area contributed by atoms with Crippen LogP contribution in [-0.4, -0.2) is 25.1 Å². The molecular formula is C15H21NO. The highest BCUT2D eigenvalue weighted by Gasteiger charge is 2.20. The van der Waals surface area contributed by atoms with E-state index in [1.807, 2.05) is 6.26 Å². The van der Waals surface area contributed by atoms with Crippen LogP contribution < -0.4 is 0 Å². The van der Waals surface area contributed by atoms with Crippen molar-refractivity contribution in [2.24, 2.45) is 5.92 Å². The number of rotatable bonds is 3. The molecule has 0 spiro atoms. The Morgan fingerprint density at radius 3 is 2.82 bits per heavy atom. The van der Waals surface area contributed by atoms with Gasteiger partial charge in [-0.2, -0.15) is 0 Å². The van der Waals surface area contributed by atoms with Gasteiger partial charge in [0.2, 0.25) is 0 Å². The number of hydrogen-bond donors (Lipinski definition) is 0. The molecule has 1 atom stereocenters. The minimum Gasteiger partial charge on any atom is -0.504 e. The molecular weight excluding hydrogens is 210 g/mol. The highest BCUT2D eigenvalue weighted by molar-refractivity contribution is 5.15. The maximum atomic E-state index is 5.14. The van der Waals surface area contributed by atoms with Crippen LogP contribution in [0.2, 0.25) is 0 Å². The van der Waals surface area contributed by atoms with Crippen molar-refractivity contribution in [2.45, 2.75) is 19.9 Å². The van der Waals surface area contributed by atoms with E-state index in [-0.39, 0.29) is 0 Å². The number of piperidine rings is 1. The fraction of sp³-hybridized carbons (Fsp3) is 0.467. The van der Waals surface area contributed by atoms with Crippen molar-refractivity contribution in [2.75, 3.05) is 20.2 Å². The van der Waals surface area contributed by atoms with Gasteiger partial charge >= 0.3 is 0 Å². The largest absolute Gasteiger partial charge is 0.504 e. The number of nitrogens with zero attached hydrogens (tertiary/aromatic N) is 1. The first-order valence-electron chi connectivity index (χ1n) is 6.25. The van der Waals surface area contributed by atoms with Crippen LogP contribution in [0, 0.1) is 5.92 Å². The molecule has 17 heavy (non-hydrogen) atoms. The zero-order valence-electron chi connectivity index (χ0n) is 10.7. The molecule has 0 aromatic heterocycles. The summed E-state index contributed by atoms with van der Waals surface area (Å²) in [5, 5.41) is 0. The lowest BCUT2D eigenvalue weighted by Gasteiger charge is -2.32. The SMILES string of the molecule is COC=C1CC(C)CN(Cc2ccccc2)C1. The minimum atomic E-state index is 0.717. The zero-order chi connectivity index (χ0) is 12.1. The number of ether oxygens (including phenoxy) is 1. The lowest BCUT2D eigenvalue weighted by molar-refractivity contribution is 0.206. The maximum absolute atomic E-state index is 5.14. The van der Waals surface area contributed by atoms with Crippen molar-refractivity contribution in [3.05, 3.63) is 47.7 Å². The van der Waals surface area contributed by atoms with Gasteiger partial charge in [0.25, 0.3) is 0 Å². The summed E-state index contributed by atoms with van der Waals surface area (Å²) in [7, 11) is 1.73. The summed E-state index contributed by atoms with van der Waals surface area (Å²) in [6, 6.07) is 10.7. The average molecular weight is 231 g/mol. The van der Waals surface area contributed by atoms with Gasteiger partial charge in [-0.3, -0.25) is 4.90 Å². The Balaban J connectivity index is 1.99. The third-order valence-electron chi connectivity index (χ3n) is 3.14. The van der Waals surface area contributed by atoms with Gasteiger partial charge < -0.3 is 4.74 Å². The summed E-state index contributed by atoms with van der Waals surface area (Å²) < 4.78 is 5.14. The minimum absolute atomic E-state index is 0.717. The zero-order valence-corrected chi connectivity index (χ0v) is 10.7. The smallest absolute Gasteiger partial charge is 0.0829 e. The molecule has 1 aliphatic rings. The topological polar surface area (TPSA) is 12.5 Å². The molecule has 2 rings (SSSR count). The molecule has 1 aromatic carbocycles. The van der Waals surface area contributed by atoms with Gasteiger partial charge in [-0.1, -0.05) is 37.3 Å². The number of methoxy groups -OCH3 is 1. The molecule has 92 valence electrons. The van der Waals surface area contributed by atoms with Crippen molar-refractivity contribution < 1.29 is 4.74 Å². The first-order chi connectivity index (χ1) is 8.28. The van der Waals surface area contributed by atoms with Crippen LogP contribution in [-0.2, 0) is 11.3 Å². The predicted octanol–water partition coefficient (Wildman–Crippen LogP) is 3.06. The van der Waals surface area contributed by atoms with Crippen LogP contribution in [0.1, 0.15) is 18.9 Å². The molecule has 0 amide bonds. The van der Waals surface area contributed by atoms with Crippen molar-refractivity contribution in [3.63, 3.8) is 0 Å². The summed E-state index contributed by atoms with van der Waals surface area (Å²) >= 11 is 0. The summed E-state index contributed by atoms with van der Waals surface area (Å²) in [6.07, 6.45) is 3.08. The molecule has 1 unspecified atom stereocenters. The standard InChI is InChI=1S/C15H21NO/c1-13-8-15(12-17-2)11-16(9-13)10-14-6-4-3-5-7-14/h3-7,12-13H,8-11H2,1-2H3. The quantitative estimate of drug-likeness (QED) is 0.741. The van der Waals surface area contributed by atoms with Crippen LogP contribution in [0.4, 0.5) is 0 Å². The molecule has 2 nitrogen and oxygen atoms in total. The molecule has 1 aliphatic heterocycles. The maximum Gasteiger partial charge on any atom is 0.0829 e. The summed E-state index contributed by atoms with van der Waals surface area (Å²) in [5.41, 5.74) is 2.79. The van der Waals surface area contributed by atoms with Gasteiger partial charge in [0.1, 0.15) is 0 Å². The number of hydrogen-bond acceptors (Lipinski definition) is 2. The van der Waals surface area contributed by atoms with E-state index >= 15 is 0 Å². The Bertz CT molecular complexity index is 372. The Morgan fingerprint density at radius 2 is 2.12 bits per heavy atom. The monoisotopic (exact) mass is 231 g/mol. The van der Waals surface area contributed by atoms with Crippen LogP contribution in [0.15, 0.2) is 42.2 Å². The van der Waals surface area contributed by atoms with Gasteiger partial charge in [-0.15, -0.1) is 0 Å².